The van der Waals surface area contributed by atoms with Crippen molar-refractivity contribution in [2.45, 2.75) is 6.54 Å². The van der Waals surface area contributed by atoms with Crippen molar-refractivity contribution in [2.24, 2.45) is 0 Å². The first-order chi connectivity index (χ1) is 16.6. The topological polar surface area (TPSA) is 136 Å². The van der Waals surface area contributed by atoms with E-state index in [1.54, 1.807) is 12.1 Å². The van der Waals surface area contributed by atoms with E-state index in [4.69, 9.17) is 5.11 Å². The highest BCUT2D eigenvalue weighted by atomic mass is 35.5. The summed E-state index contributed by atoms with van der Waals surface area (Å²) in [6.07, 6.45) is 1.47. The number of rotatable bonds is 6. The van der Waals surface area contributed by atoms with Crippen LogP contribution < -0.4 is 16.2 Å². The summed E-state index contributed by atoms with van der Waals surface area (Å²) in [5.41, 5.74) is 2.77. The molecule has 0 radical (unpaired) electrons. The summed E-state index contributed by atoms with van der Waals surface area (Å²) >= 11 is 0. The minimum atomic E-state index is -1.01. The fourth-order valence-corrected chi connectivity index (χ4v) is 3.94. The lowest BCUT2D eigenvalue weighted by atomic mass is 10.1. The highest BCUT2D eigenvalue weighted by Crippen LogP contribution is 2.25. The van der Waals surface area contributed by atoms with Crippen molar-refractivity contribution < 1.29 is 9.90 Å². The van der Waals surface area contributed by atoms with Crippen LogP contribution in [0.25, 0.3) is 22.3 Å². The van der Waals surface area contributed by atoms with Gasteiger partial charge in [0.05, 0.1) is 11.8 Å². The zero-order valence-corrected chi connectivity index (χ0v) is 19.5. The number of carbonyl (C=O) groups is 1. The molecule has 11 heteroatoms. The average Bonchev–Trinajstić information content (AvgIpc) is 2.86. The van der Waals surface area contributed by atoms with E-state index in [1.807, 2.05) is 12.1 Å². The second-order valence-electron chi connectivity index (χ2n) is 8.09. The highest BCUT2D eigenvalue weighted by Gasteiger charge is 2.15. The molecule has 0 atom stereocenters. The van der Waals surface area contributed by atoms with Gasteiger partial charge in [-0.3, -0.25) is 9.69 Å². The number of benzene rings is 2. The number of anilines is 2. The Labute approximate surface area is 206 Å². The van der Waals surface area contributed by atoms with Crippen molar-refractivity contribution in [3.8, 4) is 11.4 Å². The zero-order chi connectivity index (χ0) is 23.5. The van der Waals surface area contributed by atoms with Crippen LogP contribution in [0.1, 0.15) is 15.9 Å². The van der Waals surface area contributed by atoms with Crippen LogP contribution in [-0.2, 0) is 6.54 Å². The summed E-state index contributed by atoms with van der Waals surface area (Å²) in [4.78, 5) is 35.1. The van der Waals surface area contributed by atoms with Crippen molar-refractivity contribution in [3.63, 3.8) is 0 Å². The van der Waals surface area contributed by atoms with Gasteiger partial charge in [0, 0.05) is 44.0 Å². The predicted octanol–water partition coefficient (Wildman–Crippen LogP) is 2.65. The molecule has 4 N–H and O–H groups in total. The van der Waals surface area contributed by atoms with Crippen molar-refractivity contribution >= 4 is 40.8 Å². The van der Waals surface area contributed by atoms with Crippen LogP contribution in [0.2, 0.25) is 0 Å². The molecule has 10 nitrogen and oxygen atoms in total. The molecule has 0 aliphatic carbocycles. The molecule has 0 spiro atoms. The molecule has 35 heavy (non-hydrogen) atoms. The van der Waals surface area contributed by atoms with Crippen LogP contribution in [0.15, 0.2) is 59.5 Å². The van der Waals surface area contributed by atoms with Crippen LogP contribution in [0, 0.1) is 0 Å². The van der Waals surface area contributed by atoms with Gasteiger partial charge in [-0.05, 0) is 29.8 Å². The molecule has 1 aliphatic rings. The Morgan fingerprint density at radius 3 is 2.43 bits per heavy atom. The third-order valence-corrected chi connectivity index (χ3v) is 5.74. The lowest BCUT2D eigenvalue weighted by Gasteiger charge is -2.27. The maximum atomic E-state index is 12.5. The molecule has 0 amide bonds. The molecule has 1 aliphatic heterocycles. The summed E-state index contributed by atoms with van der Waals surface area (Å²) in [5.74, 6) is -0.306. The Balaban J connectivity index is 0.00000289. The maximum Gasteiger partial charge on any atom is 0.335 e. The van der Waals surface area contributed by atoms with Crippen molar-refractivity contribution in [1.82, 2.24) is 30.4 Å². The Hall–Kier alpha value is -3.86. The number of hydrogen-bond donors (Lipinski definition) is 4. The van der Waals surface area contributed by atoms with Gasteiger partial charge in [0.1, 0.15) is 16.7 Å². The Morgan fingerprint density at radius 2 is 1.74 bits per heavy atom. The Bertz CT molecular complexity index is 1390. The summed E-state index contributed by atoms with van der Waals surface area (Å²) in [7, 11) is 0. The number of H-pyrrole nitrogens is 1. The van der Waals surface area contributed by atoms with Crippen LogP contribution in [-0.4, -0.2) is 62.3 Å². The fraction of sp³-hybridized carbons (Fsp3) is 0.208. The van der Waals surface area contributed by atoms with Crippen LogP contribution in [0.3, 0.4) is 0 Å². The number of aromatic carboxylic acids is 1. The first kappa shape index (κ1) is 24.3. The number of fused-ring (bicyclic) bond motifs is 1. The largest absolute Gasteiger partial charge is 0.478 e. The number of hydrogen-bond acceptors (Lipinski definition) is 8. The first-order valence-corrected chi connectivity index (χ1v) is 10.9. The molecule has 0 bridgehead atoms. The third kappa shape index (κ3) is 5.46. The van der Waals surface area contributed by atoms with E-state index in [0.717, 1.165) is 38.4 Å². The van der Waals surface area contributed by atoms with E-state index in [0.29, 0.717) is 28.1 Å². The molecule has 1 fully saturated rings. The monoisotopic (exact) mass is 493 g/mol. The Kier molecular flexibility index (Phi) is 7.35. The van der Waals surface area contributed by atoms with Crippen LogP contribution >= 0.6 is 12.4 Å². The predicted molar refractivity (Wildman–Crippen MR) is 135 cm³/mol. The van der Waals surface area contributed by atoms with E-state index < -0.39 is 11.5 Å². The van der Waals surface area contributed by atoms with Gasteiger partial charge >= 0.3 is 5.97 Å². The van der Waals surface area contributed by atoms with E-state index in [1.165, 1.54) is 23.9 Å². The van der Waals surface area contributed by atoms with Crippen molar-refractivity contribution in [3.05, 3.63) is 76.2 Å². The maximum absolute atomic E-state index is 12.5. The highest BCUT2D eigenvalue weighted by molar-refractivity contribution is 5.91. The minimum absolute atomic E-state index is 0. The van der Waals surface area contributed by atoms with Crippen LogP contribution in [0.4, 0.5) is 11.5 Å². The molecule has 0 unspecified atom stereocenters. The van der Waals surface area contributed by atoms with Gasteiger partial charge in [-0.25, -0.2) is 19.9 Å². The SMILES string of the molecule is Cl.O=C(O)c1ccc(-c2nc(Nc3ccc(CN4CCNCC4)cc3)c3c(=O)[nH]ncc3n2)cc1. The molecule has 1 saturated heterocycles. The molecule has 3 heterocycles. The van der Waals surface area contributed by atoms with Gasteiger partial charge in [0.15, 0.2) is 5.82 Å². The number of nitrogens with one attached hydrogen (secondary N) is 3. The smallest absolute Gasteiger partial charge is 0.335 e. The van der Waals surface area contributed by atoms with Gasteiger partial charge < -0.3 is 15.7 Å². The fourth-order valence-electron chi connectivity index (χ4n) is 3.94. The number of aromatic amines is 1. The number of piperazine rings is 1. The quantitative estimate of drug-likeness (QED) is 0.319. The summed E-state index contributed by atoms with van der Waals surface area (Å²) < 4.78 is 0. The minimum Gasteiger partial charge on any atom is -0.478 e. The molecular weight excluding hydrogens is 470 g/mol. The van der Waals surface area contributed by atoms with Gasteiger partial charge in [-0.2, -0.15) is 5.10 Å². The molecule has 180 valence electrons. The summed E-state index contributed by atoms with van der Waals surface area (Å²) in [5, 5.41) is 22.3. The molecule has 0 saturated carbocycles. The molecule has 2 aromatic heterocycles. The molecule has 5 rings (SSSR count). The zero-order valence-electron chi connectivity index (χ0n) is 18.7. The third-order valence-electron chi connectivity index (χ3n) is 5.74. The molecule has 2 aromatic carbocycles. The number of nitrogens with zero attached hydrogens (tertiary/aromatic N) is 4. The van der Waals surface area contributed by atoms with E-state index in [2.05, 4.69) is 47.8 Å². The van der Waals surface area contributed by atoms with E-state index in [9.17, 15) is 9.59 Å². The second kappa shape index (κ2) is 10.6. The standard InChI is InChI=1S/C24H23N7O3.ClH/c32-23-20-19(13-26-30-23)28-21(16-3-5-17(6-4-16)24(33)34)29-22(20)27-18-7-1-15(2-8-18)14-31-11-9-25-10-12-31;/h1-8,13,25H,9-12,14H2,(H,30,32)(H,33,34)(H,27,28,29);1H. The van der Waals surface area contributed by atoms with Crippen molar-refractivity contribution in [1.29, 1.82) is 0 Å². The first-order valence-electron chi connectivity index (χ1n) is 10.9. The van der Waals surface area contributed by atoms with E-state index in [-0.39, 0.29) is 18.0 Å². The molecular formula is C24H24ClN7O3. The second-order valence-corrected chi connectivity index (χ2v) is 8.09. The lowest BCUT2D eigenvalue weighted by Crippen LogP contribution is -2.42. The summed E-state index contributed by atoms with van der Waals surface area (Å²) in [6, 6.07) is 14.3. The van der Waals surface area contributed by atoms with Crippen molar-refractivity contribution in [2.75, 3.05) is 31.5 Å². The number of halogens is 1. The van der Waals surface area contributed by atoms with Gasteiger partial charge in [-0.1, -0.05) is 24.3 Å². The lowest BCUT2D eigenvalue weighted by molar-refractivity contribution is 0.0697. The van der Waals surface area contributed by atoms with Gasteiger partial charge in [0.2, 0.25) is 0 Å². The number of carboxylic acid groups (broad SMARTS) is 1. The van der Waals surface area contributed by atoms with Gasteiger partial charge in [0.25, 0.3) is 5.56 Å². The van der Waals surface area contributed by atoms with Crippen LogP contribution in [0.5, 0.6) is 0 Å². The number of carboxylic acids is 1. The normalized spacial score (nSPS) is 13.8. The van der Waals surface area contributed by atoms with E-state index >= 15 is 0 Å². The Morgan fingerprint density at radius 1 is 1.03 bits per heavy atom. The molecule has 4 aromatic rings. The number of aromatic nitrogens is 4. The van der Waals surface area contributed by atoms with Gasteiger partial charge in [-0.15, -0.1) is 12.4 Å². The average molecular weight is 494 g/mol. The summed E-state index contributed by atoms with van der Waals surface area (Å²) in [6.45, 7) is 4.95.